The molecule has 108 valence electrons. The average Bonchev–Trinajstić information content (AvgIpc) is 2.34. The van der Waals surface area contributed by atoms with Gasteiger partial charge in [-0.15, -0.1) is 12.4 Å². The first-order valence-corrected chi connectivity index (χ1v) is 6.65. The summed E-state index contributed by atoms with van der Waals surface area (Å²) in [6.07, 6.45) is 4.56. The number of rotatable bonds is 10. The van der Waals surface area contributed by atoms with Crippen molar-refractivity contribution in [2.45, 2.75) is 52.9 Å². The molecule has 0 aromatic carbocycles. The Bertz CT molecular complexity index is 245. The zero-order valence-electron chi connectivity index (χ0n) is 11.8. The van der Waals surface area contributed by atoms with E-state index in [4.69, 9.17) is 5.21 Å². The summed E-state index contributed by atoms with van der Waals surface area (Å²) in [5, 5.41) is 12.1. The quantitative estimate of drug-likeness (QED) is 0.289. The number of hydrogen-bond acceptors (Lipinski definition) is 4. The maximum atomic E-state index is 11.8. The third kappa shape index (κ3) is 8.48. The standard InChI is InChI=1S/C13H26N2O2.ClH/c1-4-7-8-9-13(16)12(14-17)11-15(6-3)10-5-2;/h17H,4-11H2,1-3H3;1H/b14-12-;. The first kappa shape index (κ1) is 19.7. The van der Waals surface area contributed by atoms with Crippen molar-refractivity contribution in [3.05, 3.63) is 0 Å². The highest BCUT2D eigenvalue weighted by Crippen LogP contribution is 2.02. The minimum absolute atomic E-state index is 0. The summed E-state index contributed by atoms with van der Waals surface area (Å²) in [6.45, 7) is 8.51. The Morgan fingerprint density at radius 1 is 1.17 bits per heavy atom. The zero-order valence-corrected chi connectivity index (χ0v) is 12.6. The van der Waals surface area contributed by atoms with Gasteiger partial charge in [0.15, 0.2) is 5.78 Å². The number of nitrogens with zero attached hydrogens (tertiary/aromatic N) is 2. The Kier molecular flexibility index (Phi) is 14.1. The van der Waals surface area contributed by atoms with Crippen LogP contribution < -0.4 is 0 Å². The van der Waals surface area contributed by atoms with Crippen LogP contribution in [0.4, 0.5) is 0 Å². The van der Waals surface area contributed by atoms with Gasteiger partial charge in [0.1, 0.15) is 5.71 Å². The second kappa shape index (κ2) is 12.8. The van der Waals surface area contributed by atoms with Gasteiger partial charge in [-0.25, -0.2) is 0 Å². The Hall–Kier alpha value is -0.610. The van der Waals surface area contributed by atoms with Crippen LogP contribution in [-0.2, 0) is 4.79 Å². The van der Waals surface area contributed by atoms with E-state index in [0.29, 0.717) is 18.7 Å². The van der Waals surface area contributed by atoms with E-state index in [1.54, 1.807) is 0 Å². The molecule has 0 aromatic rings. The second-order valence-electron chi connectivity index (χ2n) is 4.30. The van der Waals surface area contributed by atoms with E-state index < -0.39 is 0 Å². The highest BCUT2D eigenvalue weighted by molar-refractivity contribution is 6.40. The largest absolute Gasteiger partial charge is 0.411 e. The lowest BCUT2D eigenvalue weighted by Crippen LogP contribution is -2.34. The van der Waals surface area contributed by atoms with Crippen LogP contribution in [0.5, 0.6) is 0 Å². The van der Waals surface area contributed by atoms with Crippen LogP contribution >= 0.6 is 12.4 Å². The summed E-state index contributed by atoms with van der Waals surface area (Å²) < 4.78 is 0. The van der Waals surface area contributed by atoms with E-state index in [-0.39, 0.29) is 18.2 Å². The van der Waals surface area contributed by atoms with Crippen LogP contribution in [0.2, 0.25) is 0 Å². The molecule has 0 rings (SSSR count). The van der Waals surface area contributed by atoms with E-state index in [0.717, 1.165) is 38.8 Å². The van der Waals surface area contributed by atoms with Gasteiger partial charge in [0.25, 0.3) is 0 Å². The van der Waals surface area contributed by atoms with Crippen molar-refractivity contribution in [2.75, 3.05) is 19.6 Å². The number of Topliss-reactive ketones (excluding diaryl/α,β-unsaturated/α-hetero) is 1. The highest BCUT2D eigenvalue weighted by Gasteiger charge is 2.14. The van der Waals surface area contributed by atoms with Gasteiger partial charge in [-0.2, -0.15) is 0 Å². The molecular formula is C13H27ClN2O2. The maximum Gasteiger partial charge on any atom is 0.181 e. The molecule has 0 aliphatic carbocycles. The molecule has 0 heterocycles. The minimum atomic E-state index is -0.0181. The third-order valence-corrected chi connectivity index (χ3v) is 2.81. The van der Waals surface area contributed by atoms with Gasteiger partial charge in [0.05, 0.1) is 0 Å². The Morgan fingerprint density at radius 2 is 1.83 bits per heavy atom. The Balaban J connectivity index is 0. The monoisotopic (exact) mass is 278 g/mol. The van der Waals surface area contributed by atoms with Crippen molar-refractivity contribution < 1.29 is 10.0 Å². The number of halogens is 1. The number of carbonyl (C=O) groups excluding carboxylic acids is 1. The molecule has 0 fully saturated rings. The van der Waals surface area contributed by atoms with Crippen molar-refractivity contribution in [1.29, 1.82) is 0 Å². The fraction of sp³-hybridized carbons (Fsp3) is 0.846. The van der Waals surface area contributed by atoms with Gasteiger partial charge in [-0.05, 0) is 25.9 Å². The molecule has 0 spiro atoms. The summed E-state index contributed by atoms with van der Waals surface area (Å²) in [5.41, 5.74) is 0.302. The predicted octanol–water partition coefficient (Wildman–Crippen LogP) is 3.12. The average molecular weight is 279 g/mol. The van der Waals surface area contributed by atoms with Crippen molar-refractivity contribution in [3.63, 3.8) is 0 Å². The van der Waals surface area contributed by atoms with E-state index in [9.17, 15) is 4.79 Å². The Morgan fingerprint density at radius 3 is 2.28 bits per heavy atom. The molecule has 0 aliphatic rings. The van der Waals surface area contributed by atoms with Crippen LogP contribution in [0.15, 0.2) is 5.16 Å². The van der Waals surface area contributed by atoms with Gasteiger partial charge < -0.3 is 5.21 Å². The lowest BCUT2D eigenvalue weighted by atomic mass is 10.1. The first-order valence-electron chi connectivity index (χ1n) is 6.65. The maximum absolute atomic E-state index is 11.8. The van der Waals surface area contributed by atoms with Crippen LogP contribution in [0.3, 0.4) is 0 Å². The number of unbranched alkanes of at least 4 members (excludes halogenated alkanes) is 2. The fourth-order valence-electron chi connectivity index (χ4n) is 1.73. The summed E-state index contributed by atoms with van der Waals surface area (Å²) in [6, 6.07) is 0. The Labute approximate surface area is 117 Å². The number of carbonyl (C=O) groups is 1. The van der Waals surface area contributed by atoms with Crippen LogP contribution in [0, 0.1) is 0 Å². The molecule has 0 radical (unpaired) electrons. The minimum Gasteiger partial charge on any atom is -0.411 e. The predicted molar refractivity (Wildman–Crippen MR) is 78.0 cm³/mol. The van der Waals surface area contributed by atoms with Crippen molar-refractivity contribution in [2.24, 2.45) is 5.16 Å². The molecule has 0 atom stereocenters. The molecule has 1 N–H and O–H groups in total. The summed E-state index contributed by atoms with van der Waals surface area (Å²) in [7, 11) is 0. The number of ketones is 1. The zero-order chi connectivity index (χ0) is 13.1. The van der Waals surface area contributed by atoms with Gasteiger partial charge in [-0.1, -0.05) is 38.8 Å². The van der Waals surface area contributed by atoms with Gasteiger partial charge in [-0.3, -0.25) is 9.69 Å². The molecular weight excluding hydrogens is 252 g/mol. The van der Waals surface area contributed by atoms with E-state index in [1.807, 2.05) is 6.92 Å². The van der Waals surface area contributed by atoms with E-state index >= 15 is 0 Å². The van der Waals surface area contributed by atoms with Crippen LogP contribution in [-0.4, -0.2) is 41.2 Å². The molecule has 18 heavy (non-hydrogen) atoms. The van der Waals surface area contributed by atoms with Crippen molar-refractivity contribution in [3.8, 4) is 0 Å². The molecule has 5 heteroatoms. The van der Waals surface area contributed by atoms with Gasteiger partial charge >= 0.3 is 0 Å². The molecule has 0 bridgehead atoms. The summed E-state index contributed by atoms with van der Waals surface area (Å²) in [4.78, 5) is 13.9. The second-order valence-corrected chi connectivity index (χ2v) is 4.30. The molecule has 0 saturated carbocycles. The van der Waals surface area contributed by atoms with Crippen LogP contribution in [0.25, 0.3) is 0 Å². The van der Waals surface area contributed by atoms with E-state index in [2.05, 4.69) is 23.9 Å². The molecule has 0 aromatic heterocycles. The summed E-state index contributed by atoms with van der Waals surface area (Å²) >= 11 is 0. The molecule has 0 amide bonds. The molecule has 4 nitrogen and oxygen atoms in total. The van der Waals surface area contributed by atoms with Crippen molar-refractivity contribution >= 4 is 23.9 Å². The lowest BCUT2D eigenvalue weighted by Gasteiger charge is -2.19. The smallest absolute Gasteiger partial charge is 0.181 e. The molecule has 0 unspecified atom stereocenters. The van der Waals surface area contributed by atoms with Gasteiger partial charge in [0, 0.05) is 13.0 Å². The number of hydrogen-bond donors (Lipinski definition) is 1. The van der Waals surface area contributed by atoms with Crippen molar-refractivity contribution in [1.82, 2.24) is 4.90 Å². The fourth-order valence-corrected chi connectivity index (χ4v) is 1.73. The van der Waals surface area contributed by atoms with Gasteiger partial charge in [0.2, 0.25) is 0 Å². The van der Waals surface area contributed by atoms with Crippen LogP contribution in [0.1, 0.15) is 52.9 Å². The van der Waals surface area contributed by atoms with E-state index in [1.165, 1.54) is 0 Å². The summed E-state index contributed by atoms with van der Waals surface area (Å²) in [5.74, 6) is -0.0181. The molecule has 0 saturated heterocycles. The topological polar surface area (TPSA) is 52.9 Å². The highest BCUT2D eigenvalue weighted by atomic mass is 35.5. The molecule has 0 aliphatic heterocycles. The SMILES string of the molecule is CCCCCC(=O)/C(CN(CC)CCC)=N\O.Cl. The number of oxime groups is 1. The first-order chi connectivity index (χ1) is 8.19. The normalized spacial score (nSPS) is 11.4. The third-order valence-electron chi connectivity index (χ3n) is 2.81. The lowest BCUT2D eigenvalue weighted by molar-refractivity contribution is -0.113.